The molecule has 0 radical (unpaired) electrons. The fourth-order valence-electron chi connectivity index (χ4n) is 2.96. The molecule has 1 saturated carbocycles. The van der Waals surface area contributed by atoms with Gasteiger partial charge in [-0.25, -0.2) is 0 Å². The number of hydrogen-bond acceptors (Lipinski definition) is 3. The smallest absolute Gasteiger partial charge is 0.0615 e. The van der Waals surface area contributed by atoms with Crippen molar-refractivity contribution in [3.8, 4) is 0 Å². The zero-order chi connectivity index (χ0) is 12.6. The first-order chi connectivity index (χ1) is 8.29. The van der Waals surface area contributed by atoms with Crippen molar-refractivity contribution in [1.82, 2.24) is 5.32 Å². The molecule has 1 aliphatic rings. The molecule has 0 aromatic carbocycles. The fourth-order valence-corrected chi connectivity index (χ4v) is 2.96. The molecule has 0 amide bonds. The van der Waals surface area contributed by atoms with Crippen molar-refractivity contribution < 1.29 is 9.84 Å². The first kappa shape index (κ1) is 14.9. The van der Waals surface area contributed by atoms with Crippen LogP contribution in [0, 0.1) is 5.92 Å². The number of likely N-dealkylation sites (N-methyl/N-ethyl adjacent to an activating group) is 1. The second-order valence-corrected chi connectivity index (χ2v) is 5.26. The van der Waals surface area contributed by atoms with Crippen molar-refractivity contribution in [3.05, 3.63) is 0 Å². The molecule has 1 aliphatic carbocycles. The Morgan fingerprint density at radius 3 is 2.82 bits per heavy atom. The molecular formula is C14H29NO2. The maximum absolute atomic E-state index is 9.56. The molecular weight excluding hydrogens is 214 g/mol. The van der Waals surface area contributed by atoms with Gasteiger partial charge in [0.05, 0.1) is 6.61 Å². The van der Waals surface area contributed by atoms with E-state index in [4.69, 9.17) is 4.74 Å². The SMILES string of the molecule is CCCCCOCCC1CCCC1(CO)NC. The molecule has 0 heterocycles. The Kier molecular flexibility index (Phi) is 7.09. The normalized spacial score (nSPS) is 28.8. The zero-order valence-corrected chi connectivity index (χ0v) is 11.5. The van der Waals surface area contributed by atoms with Crippen LogP contribution in [0.3, 0.4) is 0 Å². The summed E-state index contributed by atoms with van der Waals surface area (Å²) in [5.41, 5.74) is -0.0349. The van der Waals surface area contributed by atoms with Crippen molar-refractivity contribution in [2.75, 3.05) is 26.9 Å². The van der Waals surface area contributed by atoms with Gasteiger partial charge in [-0.1, -0.05) is 26.2 Å². The van der Waals surface area contributed by atoms with Gasteiger partial charge < -0.3 is 15.2 Å². The Bertz CT molecular complexity index is 193. The summed E-state index contributed by atoms with van der Waals surface area (Å²) in [5, 5.41) is 12.9. The fraction of sp³-hybridized carbons (Fsp3) is 1.00. The molecule has 3 heteroatoms. The minimum atomic E-state index is -0.0349. The van der Waals surface area contributed by atoms with Gasteiger partial charge in [-0.2, -0.15) is 0 Å². The zero-order valence-electron chi connectivity index (χ0n) is 11.5. The summed E-state index contributed by atoms with van der Waals surface area (Å²) in [6, 6.07) is 0. The Balaban J connectivity index is 2.17. The van der Waals surface area contributed by atoms with Gasteiger partial charge in [0.1, 0.15) is 0 Å². The molecule has 0 saturated heterocycles. The van der Waals surface area contributed by atoms with Crippen molar-refractivity contribution in [3.63, 3.8) is 0 Å². The van der Waals surface area contributed by atoms with Crippen molar-refractivity contribution >= 4 is 0 Å². The Morgan fingerprint density at radius 1 is 1.35 bits per heavy atom. The summed E-state index contributed by atoms with van der Waals surface area (Å²) in [4.78, 5) is 0. The minimum absolute atomic E-state index is 0.0349. The number of aliphatic hydroxyl groups excluding tert-OH is 1. The van der Waals surface area contributed by atoms with Crippen molar-refractivity contribution in [1.29, 1.82) is 0 Å². The molecule has 1 rings (SSSR count). The second kappa shape index (κ2) is 8.06. The Hall–Kier alpha value is -0.120. The Morgan fingerprint density at radius 2 is 2.18 bits per heavy atom. The van der Waals surface area contributed by atoms with Gasteiger partial charge in [0.2, 0.25) is 0 Å². The lowest BCUT2D eigenvalue weighted by molar-refractivity contribution is 0.0810. The lowest BCUT2D eigenvalue weighted by atomic mass is 9.86. The molecule has 2 atom stereocenters. The van der Waals surface area contributed by atoms with Crippen LogP contribution in [0.5, 0.6) is 0 Å². The molecule has 0 aromatic rings. The molecule has 3 nitrogen and oxygen atoms in total. The molecule has 0 bridgehead atoms. The molecule has 102 valence electrons. The van der Waals surface area contributed by atoms with Crippen LogP contribution in [0.25, 0.3) is 0 Å². The predicted octanol–water partition coefficient (Wildman–Crippen LogP) is 2.33. The molecule has 17 heavy (non-hydrogen) atoms. The molecule has 0 aromatic heterocycles. The van der Waals surface area contributed by atoms with Crippen LogP contribution in [-0.2, 0) is 4.74 Å². The highest BCUT2D eigenvalue weighted by Gasteiger charge is 2.40. The van der Waals surface area contributed by atoms with E-state index in [9.17, 15) is 5.11 Å². The number of aliphatic hydroxyl groups is 1. The van der Waals surface area contributed by atoms with E-state index >= 15 is 0 Å². The third kappa shape index (κ3) is 4.23. The van der Waals surface area contributed by atoms with Crippen LogP contribution in [0.15, 0.2) is 0 Å². The Labute approximate surface area is 106 Å². The van der Waals surface area contributed by atoms with E-state index in [1.54, 1.807) is 0 Å². The van der Waals surface area contributed by atoms with Crippen molar-refractivity contribution in [2.45, 2.75) is 57.4 Å². The van der Waals surface area contributed by atoms with Crippen molar-refractivity contribution in [2.24, 2.45) is 5.92 Å². The van der Waals surface area contributed by atoms with Gasteiger partial charge in [-0.3, -0.25) is 0 Å². The van der Waals surface area contributed by atoms with Crippen LogP contribution >= 0.6 is 0 Å². The van der Waals surface area contributed by atoms with E-state index < -0.39 is 0 Å². The highest BCUT2D eigenvalue weighted by atomic mass is 16.5. The summed E-state index contributed by atoms with van der Waals surface area (Å²) in [6.45, 7) is 4.20. The number of hydrogen-bond donors (Lipinski definition) is 2. The van der Waals surface area contributed by atoms with Crippen LogP contribution in [0.1, 0.15) is 51.9 Å². The first-order valence-corrected chi connectivity index (χ1v) is 7.16. The summed E-state index contributed by atoms with van der Waals surface area (Å²) >= 11 is 0. The van der Waals surface area contributed by atoms with E-state index in [1.807, 2.05) is 7.05 Å². The molecule has 0 aliphatic heterocycles. The average molecular weight is 243 g/mol. The van der Waals surface area contributed by atoms with Crippen LogP contribution in [0.4, 0.5) is 0 Å². The standard InChI is InChI=1S/C14H29NO2/c1-3-4-5-10-17-11-8-13-7-6-9-14(13,12-16)15-2/h13,15-16H,3-12H2,1-2H3. The average Bonchev–Trinajstić information content (AvgIpc) is 2.77. The monoisotopic (exact) mass is 243 g/mol. The van der Waals surface area contributed by atoms with Gasteiger partial charge in [-0.05, 0) is 38.6 Å². The lowest BCUT2D eigenvalue weighted by Crippen LogP contribution is -2.49. The summed E-state index contributed by atoms with van der Waals surface area (Å²) in [6.07, 6.45) is 8.31. The van der Waals surface area contributed by atoms with Gasteiger partial charge in [0, 0.05) is 18.8 Å². The lowest BCUT2D eigenvalue weighted by Gasteiger charge is -2.33. The molecule has 1 fully saturated rings. The van der Waals surface area contributed by atoms with E-state index in [0.717, 1.165) is 26.1 Å². The number of nitrogens with one attached hydrogen (secondary N) is 1. The summed E-state index contributed by atoms with van der Waals surface area (Å²) < 4.78 is 5.67. The van der Waals surface area contributed by atoms with Crippen LogP contribution < -0.4 is 5.32 Å². The molecule has 2 N–H and O–H groups in total. The third-order valence-corrected chi connectivity index (χ3v) is 4.24. The first-order valence-electron chi connectivity index (χ1n) is 7.16. The predicted molar refractivity (Wildman–Crippen MR) is 71.2 cm³/mol. The number of unbranched alkanes of at least 4 members (excludes halogenated alkanes) is 2. The van der Waals surface area contributed by atoms with Crippen LogP contribution in [0.2, 0.25) is 0 Å². The van der Waals surface area contributed by atoms with Gasteiger partial charge in [0.25, 0.3) is 0 Å². The largest absolute Gasteiger partial charge is 0.394 e. The molecule has 2 unspecified atom stereocenters. The van der Waals surface area contributed by atoms with E-state index in [-0.39, 0.29) is 12.1 Å². The van der Waals surface area contributed by atoms with Gasteiger partial charge in [-0.15, -0.1) is 0 Å². The van der Waals surface area contributed by atoms with Crippen LogP contribution in [-0.4, -0.2) is 37.5 Å². The highest BCUT2D eigenvalue weighted by molar-refractivity contribution is 4.97. The topological polar surface area (TPSA) is 41.5 Å². The maximum Gasteiger partial charge on any atom is 0.0615 e. The highest BCUT2D eigenvalue weighted by Crippen LogP contribution is 2.37. The minimum Gasteiger partial charge on any atom is -0.394 e. The molecule has 0 spiro atoms. The van der Waals surface area contributed by atoms with E-state index in [1.165, 1.54) is 32.1 Å². The van der Waals surface area contributed by atoms with Gasteiger partial charge in [0.15, 0.2) is 0 Å². The van der Waals surface area contributed by atoms with Gasteiger partial charge >= 0.3 is 0 Å². The number of rotatable bonds is 9. The third-order valence-electron chi connectivity index (χ3n) is 4.24. The second-order valence-electron chi connectivity index (χ2n) is 5.26. The van der Waals surface area contributed by atoms with E-state index in [2.05, 4.69) is 12.2 Å². The quantitative estimate of drug-likeness (QED) is 0.611. The number of ether oxygens (including phenoxy) is 1. The van der Waals surface area contributed by atoms with E-state index in [0.29, 0.717) is 5.92 Å². The summed E-state index contributed by atoms with van der Waals surface area (Å²) in [5.74, 6) is 0.573. The summed E-state index contributed by atoms with van der Waals surface area (Å²) in [7, 11) is 1.97. The maximum atomic E-state index is 9.56.